The maximum atomic E-state index is 9.50. The van der Waals surface area contributed by atoms with Crippen LogP contribution < -0.4 is 5.32 Å². The summed E-state index contributed by atoms with van der Waals surface area (Å²) in [4.78, 5) is 0. The maximum Gasteiger partial charge on any atom is 0.118 e. The molecule has 0 saturated carbocycles. The van der Waals surface area contributed by atoms with Crippen molar-refractivity contribution >= 4 is 5.69 Å². The highest BCUT2D eigenvalue weighted by Crippen LogP contribution is 2.24. The Labute approximate surface area is 108 Å². The summed E-state index contributed by atoms with van der Waals surface area (Å²) in [6, 6.07) is 14.3. The highest BCUT2D eigenvalue weighted by Gasteiger charge is 2.06. The second-order valence-electron chi connectivity index (χ2n) is 4.78. The van der Waals surface area contributed by atoms with Crippen LogP contribution in [0.4, 0.5) is 5.69 Å². The van der Waals surface area contributed by atoms with Gasteiger partial charge in [0.25, 0.3) is 0 Å². The molecular weight excluding hydrogens is 222 g/mol. The molecular formula is C16H19NO. The molecule has 2 nitrogen and oxygen atoms in total. The fraction of sp³-hybridized carbons (Fsp3) is 0.250. The zero-order chi connectivity index (χ0) is 13.1. The van der Waals surface area contributed by atoms with E-state index in [1.807, 2.05) is 19.1 Å². The van der Waals surface area contributed by atoms with E-state index in [0.29, 0.717) is 5.75 Å². The Morgan fingerprint density at radius 2 is 1.83 bits per heavy atom. The van der Waals surface area contributed by atoms with E-state index in [2.05, 4.69) is 43.4 Å². The number of aromatic hydroxyl groups is 1. The highest BCUT2D eigenvalue weighted by atomic mass is 16.3. The predicted octanol–water partition coefficient (Wildman–Crippen LogP) is 4.18. The number of nitrogens with one attached hydrogen (secondary N) is 1. The van der Waals surface area contributed by atoms with Crippen molar-refractivity contribution in [3.05, 3.63) is 59.2 Å². The maximum absolute atomic E-state index is 9.50. The van der Waals surface area contributed by atoms with Gasteiger partial charge >= 0.3 is 0 Å². The number of phenolic OH excluding ortho intramolecular Hbond substituents is 1. The molecule has 0 aliphatic carbocycles. The van der Waals surface area contributed by atoms with Gasteiger partial charge in [-0.2, -0.15) is 0 Å². The minimum Gasteiger partial charge on any atom is -0.508 e. The average molecular weight is 241 g/mol. The van der Waals surface area contributed by atoms with Crippen LogP contribution in [-0.2, 0) is 0 Å². The Balaban J connectivity index is 2.16. The Hall–Kier alpha value is -1.96. The summed E-state index contributed by atoms with van der Waals surface area (Å²) in [6.07, 6.45) is 0. The van der Waals surface area contributed by atoms with E-state index in [0.717, 1.165) is 11.3 Å². The molecule has 0 amide bonds. The van der Waals surface area contributed by atoms with Gasteiger partial charge in [-0.25, -0.2) is 0 Å². The molecule has 0 radical (unpaired) electrons. The molecule has 2 heteroatoms. The van der Waals surface area contributed by atoms with Crippen molar-refractivity contribution in [2.24, 2.45) is 0 Å². The van der Waals surface area contributed by atoms with E-state index in [-0.39, 0.29) is 6.04 Å². The lowest BCUT2D eigenvalue weighted by molar-refractivity contribution is 0.471. The summed E-state index contributed by atoms with van der Waals surface area (Å²) < 4.78 is 0. The lowest BCUT2D eigenvalue weighted by Crippen LogP contribution is -2.06. The first-order valence-electron chi connectivity index (χ1n) is 6.19. The average Bonchev–Trinajstić information content (AvgIpc) is 2.34. The molecule has 0 spiro atoms. The van der Waals surface area contributed by atoms with Crippen molar-refractivity contribution in [1.82, 2.24) is 0 Å². The van der Waals surface area contributed by atoms with Gasteiger partial charge in [0.05, 0.1) is 0 Å². The van der Waals surface area contributed by atoms with Gasteiger partial charge in [0, 0.05) is 11.7 Å². The molecule has 2 aromatic carbocycles. The van der Waals surface area contributed by atoms with Crippen LogP contribution >= 0.6 is 0 Å². The van der Waals surface area contributed by atoms with E-state index >= 15 is 0 Å². The largest absolute Gasteiger partial charge is 0.508 e. The predicted molar refractivity (Wildman–Crippen MR) is 76.1 cm³/mol. The van der Waals surface area contributed by atoms with Crippen LogP contribution in [-0.4, -0.2) is 5.11 Å². The Morgan fingerprint density at radius 1 is 1.06 bits per heavy atom. The van der Waals surface area contributed by atoms with Gasteiger partial charge < -0.3 is 10.4 Å². The molecule has 2 rings (SSSR count). The monoisotopic (exact) mass is 241 g/mol. The third-order valence-corrected chi connectivity index (χ3v) is 3.12. The second kappa shape index (κ2) is 5.13. The molecule has 2 N–H and O–H groups in total. The Bertz CT molecular complexity index is 549. The van der Waals surface area contributed by atoms with Crippen molar-refractivity contribution in [2.45, 2.75) is 26.8 Å². The van der Waals surface area contributed by atoms with Crippen molar-refractivity contribution in [2.75, 3.05) is 5.32 Å². The fourth-order valence-electron chi connectivity index (χ4n) is 2.02. The third-order valence-electron chi connectivity index (χ3n) is 3.12. The minimum absolute atomic E-state index is 0.244. The number of rotatable bonds is 3. The van der Waals surface area contributed by atoms with E-state index < -0.39 is 0 Å². The van der Waals surface area contributed by atoms with Crippen LogP contribution in [0.25, 0.3) is 0 Å². The number of benzene rings is 2. The summed E-state index contributed by atoms with van der Waals surface area (Å²) >= 11 is 0. The number of hydrogen-bond acceptors (Lipinski definition) is 2. The summed E-state index contributed by atoms with van der Waals surface area (Å²) in [7, 11) is 0. The SMILES string of the molecule is Cc1cccc(C(C)Nc2ccc(O)c(C)c2)c1. The molecule has 1 unspecified atom stereocenters. The standard InChI is InChI=1S/C16H19NO/c1-11-5-4-6-14(9-11)13(3)17-15-7-8-16(18)12(2)10-15/h4-10,13,17-18H,1-3H3. The number of aryl methyl sites for hydroxylation is 2. The van der Waals surface area contributed by atoms with E-state index in [1.165, 1.54) is 11.1 Å². The first-order valence-corrected chi connectivity index (χ1v) is 6.19. The third kappa shape index (κ3) is 2.83. The Kier molecular flexibility index (Phi) is 3.56. The van der Waals surface area contributed by atoms with E-state index in [1.54, 1.807) is 6.07 Å². The molecule has 0 aliphatic rings. The quantitative estimate of drug-likeness (QED) is 0.790. The molecule has 0 saturated heterocycles. The van der Waals surface area contributed by atoms with Gasteiger partial charge in [-0.3, -0.25) is 0 Å². The van der Waals surface area contributed by atoms with Crippen LogP contribution in [0.1, 0.15) is 29.7 Å². The van der Waals surface area contributed by atoms with Crippen molar-refractivity contribution < 1.29 is 5.11 Å². The number of anilines is 1. The van der Waals surface area contributed by atoms with Crippen LogP contribution in [0.2, 0.25) is 0 Å². The zero-order valence-corrected chi connectivity index (χ0v) is 11.1. The lowest BCUT2D eigenvalue weighted by atomic mass is 10.1. The highest BCUT2D eigenvalue weighted by molar-refractivity contribution is 5.51. The summed E-state index contributed by atoms with van der Waals surface area (Å²) in [5.74, 6) is 0.337. The fourth-order valence-corrected chi connectivity index (χ4v) is 2.02. The van der Waals surface area contributed by atoms with Gasteiger partial charge in [-0.05, 0) is 50.1 Å². The number of hydrogen-bond donors (Lipinski definition) is 2. The van der Waals surface area contributed by atoms with Crippen LogP contribution in [0, 0.1) is 13.8 Å². The molecule has 18 heavy (non-hydrogen) atoms. The van der Waals surface area contributed by atoms with Crippen molar-refractivity contribution in [1.29, 1.82) is 0 Å². The first kappa shape index (κ1) is 12.5. The minimum atomic E-state index is 0.244. The Morgan fingerprint density at radius 3 is 2.50 bits per heavy atom. The lowest BCUT2D eigenvalue weighted by Gasteiger charge is -2.17. The molecule has 0 heterocycles. The molecule has 2 aromatic rings. The molecule has 0 aromatic heterocycles. The second-order valence-corrected chi connectivity index (χ2v) is 4.78. The van der Waals surface area contributed by atoms with Crippen LogP contribution in [0.3, 0.4) is 0 Å². The van der Waals surface area contributed by atoms with Gasteiger partial charge in [0.2, 0.25) is 0 Å². The molecule has 94 valence electrons. The number of phenols is 1. The molecule has 0 fully saturated rings. The first-order chi connectivity index (χ1) is 8.56. The van der Waals surface area contributed by atoms with Crippen LogP contribution in [0.5, 0.6) is 5.75 Å². The van der Waals surface area contributed by atoms with Gasteiger partial charge in [-0.1, -0.05) is 29.8 Å². The van der Waals surface area contributed by atoms with Gasteiger partial charge in [-0.15, -0.1) is 0 Å². The van der Waals surface area contributed by atoms with Crippen molar-refractivity contribution in [3.63, 3.8) is 0 Å². The summed E-state index contributed by atoms with van der Waals surface area (Å²) in [5, 5.41) is 12.9. The molecule has 0 bridgehead atoms. The van der Waals surface area contributed by atoms with E-state index in [4.69, 9.17) is 0 Å². The summed E-state index contributed by atoms with van der Waals surface area (Å²) in [6.45, 7) is 6.13. The molecule has 0 aliphatic heterocycles. The summed E-state index contributed by atoms with van der Waals surface area (Å²) in [5.41, 5.74) is 4.44. The van der Waals surface area contributed by atoms with Gasteiger partial charge in [0.15, 0.2) is 0 Å². The van der Waals surface area contributed by atoms with Crippen LogP contribution in [0.15, 0.2) is 42.5 Å². The topological polar surface area (TPSA) is 32.3 Å². The van der Waals surface area contributed by atoms with Gasteiger partial charge in [0.1, 0.15) is 5.75 Å². The normalized spacial score (nSPS) is 12.2. The zero-order valence-electron chi connectivity index (χ0n) is 11.1. The molecule has 1 atom stereocenters. The van der Waals surface area contributed by atoms with Crippen molar-refractivity contribution in [3.8, 4) is 5.75 Å². The van der Waals surface area contributed by atoms with E-state index in [9.17, 15) is 5.11 Å². The smallest absolute Gasteiger partial charge is 0.118 e.